The number of aryl methyl sites for hydroxylation is 1. The molecule has 0 amide bonds. The molecular formula is C15H14BrClFN. The van der Waals surface area contributed by atoms with Gasteiger partial charge < -0.3 is 5.32 Å². The Labute approximate surface area is 125 Å². The summed E-state index contributed by atoms with van der Waals surface area (Å²) in [4.78, 5) is 0. The van der Waals surface area contributed by atoms with Gasteiger partial charge >= 0.3 is 0 Å². The van der Waals surface area contributed by atoms with E-state index < -0.39 is 0 Å². The molecule has 1 nitrogen and oxygen atoms in total. The predicted octanol–water partition coefficient (Wildman–Crippen LogP) is 4.86. The molecule has 19 heavy (non-hydrogen) atoms. The summed E-state index contributed by atoms with van der Waals surface area (Å²) in [6, 6.07) is 10.8. The van der Waals surface area contributed by atoms with Crippen molar-refractivity contribution in [3.05, 3.63) is 68.4 Å². The monoisotopic (exact) mass is 341 g/mol. The molecule has 0 aliphatic heterocycles. The molecule has 0 saturated heterocycles. The molecular weight excluding hydrogens is 329 g/mol. The maximum absolute atomic E-state index is 13.6. The van der Waals surface area contributed by atoms with Crippen LogP contribution < -0.4 is 5.32 Å². The first-order valence-corrected chi connectivity index (χ1v) is 7.09. The summed E-state index contributed by atoms with van der Waals surface area (Å²) in [5.74, 6) is -0.268. The van der Waals surface area contributed by atoms with Crippen molar-refractivity contribution in [2.24, 2.45) is 0 Å². The summed E-state index contributed by atoms with van der Waals surface area (Å²) in [6.07, 6.45) is 0. The molecule has 0 heterocycles. The van der Waals surface area contributed by atoms with Gasteiger partial charge in [-0.15, -0.1) is 0 Å². The average molecular weight is 343 g/mol. The SMILES string of the molecule is CNC(c1ccc(C)c(Cl)c1)c1cccc(F)c1Br. The lowest BCUT2D eigenvalue weighted by molar-refractivity contribution is 0.608. The molecule has 0 aromatic heterocycles. The van der Waals surface area contributed by atoms with E-state index in [9.17, 15) is 4.39 Å². The highest BCUT2D eigenvalue weighted by Gasteiger charge is 2.17. The second-order valence-electron chi connectivity index (χ2n) is 4.37. The number of halogens is 3. The highest BCUT2D eigenvalue weighted by molar-refractivity contribution is 9.10. The van der Waals surface area contributed by atoms with Crippen LogP contribution in [0.2, 0.25) is 5.02 Å². The molecule has 2 aromatic rings. The Morgan fingerprint density at radius 2 is 2.00 bits per heavy atom. The van der Waals surface area contributed by atoms with E-state index in [-0.39, 0.29) is 11.9 Å². The van der Waals surface area contributed by atoms with Crippen LogP contribution >= 0.6 is 27.5 Å². The van der Waals surface area contributed by atoms with Crippen LogP contribution in [0.5, 0.6) is 0 Å². The van der Waals surface area contributed by atoms with E-state index in [1.165, 1.54) is 6.07 Å². The Kier molecular flexibility index (Phi) is 4.61. The normalized spacial score (nSPS) is 12.5. The standard InChI is InChI=1S/C15H14BrClFN/c1-9-6-7-10(8-12(9)17)15(19-2)11-4-3-5-13(18)14(11)16/h3-8,15,19H,1-2H3. The third-order valence-corrected chi connectivity index (χ3v) is 4.35. The number of benzene rings is 2. The fourth-order valence-electron chi connectivity index (χ4n) is 2.03. The third-order valence-electron chi connectivity index (χ3n) is 3.11. The highest BCUT2D eigenvalue weighted by atomic mass is 79.9. The van der Waals surface area contributed by atoms with Crippen molar-refractivity contribution < 1.29 is 4.39 Å². The van der Waals surface area contributed by atoms with Crippen LogP contribution in [-0.4, -0.2) is 7.05 Å². The summed E-state index contributed by atoms with van der Waals surface area (Å²) in [7, 11) is 1.84. The number of nitrogens with one attached hydrogen (secondary N) is 1. The van der Waals surface area contributed by atoms with Gasteiger partial charge in [0.1, 0.15) is 5.82 Å². The van der Waals surface area contributed by atoms with Crippen LogP contribution in [0, 0.1) is 12.7 Å². The van der Waals surface area contributed by atoms with Gasteiger partial charge in [-0.25, -0.2) is 4.39 Å². The van der Waals surface area contributed by atoms with Gasteiger partial charge in [-0.05, 0) is 58.7 Å². The van der Waals surface area contributed by atoms with Crippen LogP contribution in [-0.2, 0) is 0 Å². The van der Waals surface area contributed by atoms with Gasteiger partial charge in [0.05, 0.1) is 10.5 Å². The van der Waals surface area contributed by atoms with E-state index in [0.717, 1.165) is 16.7 Å². The fourth-order valence-corrected chi connectivity index (χ4v) is 2.72. The van der Waals surface area contributed by atoms with Crippen molar-refractivity contribution in [1.82, 2.24) is 5.32 Å². The molecule has 0 spiro atoms. The first-order chi connectivity index (χ1) is 9.04. The van der Waals surface area contributed by atoms with Gasteiger partial charge in [0, 0.05) is 5.02 Å². The smallest absolute Gasteiger partial charge is 0.137 e. The molecule has 100 valence electrons. The minimum Gasteiger partial charge on any atom is -0.309 e. The number of hydrogen-bond acceptors (Lipinski definition) is 1. The van der Waals surface area contributed by atoms with Crippen LogP contribution in [0.3, 0.4) is 0 Å². The van der Waals surface area contributed by atoms with Crippen molar-refractivity contribution in [3.63, 3.8) is 0 Å². The third kappa shape index (κ3) is 2.99. The molecule has 0 bridgehead atoms. The largest absolute Gasteiger partial charge is 0.309 e. The highest BCUT2D eigenvalue weighted by Crippen LogP contribution is 2.31. The topological polar surface area (TPSA) is 12.0 Å². The Morgan fingerprint density at radius 3 is 2.63 bits per heavy atom. The van der Waals surface area contributed by atoms with Gasteiger partial charge in [0.2, 0.25) is 0 Å². The Morgan fingerprint density at radius 1 is 1.26 bits per heavy atom. The van der Waals surface area contributed by atoms with E-state index in [0.29, 0.717) is 9.50 Å². The molecule has 4 heteroatoms. The van der Waals surface area contributed by atoms with Crippen LogP contribution in [0.15, 0.2) is 40.9 Å². The molecule has 0 aliphatic carbocycles. The molecule has 1 atom stereocenters. The van der Waals surface area contributed by atoms with Crippen LogP contribution in [0.1, 0.15) is 22.7 Å². The van der Waals surface area contributed by atoms with E-state index in [4.69, 9.17) is 11.6 Å². The Hall–Kier alpha value is -0.900. The lowest BCUT2D eigenvalue weighted by Crippen LogP contribution is -2.18. The number of rotatable bonds is 3. The molecule has 0 fully saturated rings. The summed E-state index contributed by atoms with van der Waals surface area (Å²) in [5.41, 5.74) is 2.88. The maximum Gasteiger partial charge on any atom is 0.137 e. The molecule has 0 radical (unpaired) electrons. The lowest BCUT2D eigenvalue weighted by atomic mass is 9.98. The zero-order chi connectivity index (χ0) is 14.0. The quantitative estimate of drug-likeness (QED) is 0.840. The molecule has 2 rings (SSSR count). The zero-order valence-corrected chi connectivity index (χ0v) is 13.0. The van der Waals surface area contributed by atoms with Crippen molar-refractivity contribution in [2.45, 2.75) is 13.0 Å². The first kappa shape index (κ1) is 14.5. The average Bonchev–Trinajstić information content (AvgIpc) is 2.39. The van der Waals surface area contributed by atoms with E-state index in [2.05, 4.69) is 21.2 Å². The summed E-state index contributed by atoms with van der Waals surface area (Å²) < 4.78 is 14.1. The maximum atomic E-state index is 13.6. The zero-order valence-electron chi connectivity index (χ0n) is 10.7. The van der Waals surface area contributed by atoms with E-state index in [1.54, 1.807) is 6.07 Å². The minimum absolute atomic E-state index is 0.108. The second-order valence-corrected chi connectivity index (χ2v) is 5.57. The van der Waals surface area contributed by atoms with E-state index >= 15 is 0 Å². The summed E-state index contributed by atoms with van der Waals surface area (Å²) in [6.45, 7) is 1.96. The predicted molar refractivity (Wildman–Crippen MR) is 81.2 cm³/mol. The number of hydrogen-bond donors (Lipinski definition) is 1. The van der Waals surface area contributed by atoms with Crippen molar-refractivity contribution >= 4 is 27.5 Å². The molecule has 2 aromatic carbocycles. The summed E-state index contributed by atoms with van der Waals surface area (Å²) >= 11 is 9.46. The van der Waals surface area contributed by atoms with Gasteiger partial charge in [0.15, 0.2) is 0 Å². The first-order valence-electron chi connectivity index (χ1n) is 5.92. The molecule has 1 unspecified atom stereocenters. The van der Waals surface area contributed by atoms with Gasteiger partial charge in [-0.3, -0.25) is 0 Å². The molecule has 1 N–H and O–H groups in total. The van der Waals surface area contributed by atoms with Crippen LogP contribution in [0.25, 0.3) is 0 Å². The van der Waals surface area contributed by atoms with Crippen molar-refractivity contribution in [1.29, 1.82) is 0 Å². The fraction of sp³-hybridized carbons (Fsp3) is 0.200. The Bertz CT molecular complexity index is 601. The van der Waals surface area contributed by atoms with Gasteiger partial charge in [-0.2, -0.15) is 0 Å². The van der Waals surface area contributed by atoms with Crippen molar-refractivity contribution in [2.75, 3.05) is 7.05 Å². The Balaban J connectivity index is 2.50. The summed E-state index contributed by atoms with van der Waals surface area (Å²) in [5, 5.41) is 3.91. The van der Waals surface area contributed by atoms with Gasteiger partial charge in [0.25, 0.3) is 0 Å². The second kappa shape index (κ2) is 6.04. The minimum atomic E-state index is -0.268. The van der Waals surface area contributed by atoms with Crippen LogP contribution in [0.4, 0.5) is 4.39 Å². The van der Waals surface area contributed by atoms with Gasteiger partial charge in [-0.1, -0.05) is 35.9 Å². The molecule has 0 saturated carbocycles. The van der Waals surface area contributed by atoms with E-state index in [1.807, 2.05) is 38.2 Å². The lowest BCUT2D eigenvalue weighted by Gasteiger charge is -2.19. The van der Waals surface area contributed by atoms with Crippen molar-refractivity contribution in [3.8, 4) is 0 Å². The molecule has 0 aliphatic rings.